The molecule has 2 nitrogen and oxygen atoms in total. The molecule has 1 heterocycles. The van der Waals surface area contributed by atoms with Crippen molar-refractivity contribution in [3.8, 4) is 0 Å². The van der Waals surface area contributed by atoms with Gasteiger partial charge in [-0.05, 0) is 6.07 Å². The molecule has 3 N–H and O–H groups in total. The van der Waals surface area contributed by atoms with E-state index >= 15 is 0 Å². The van der Waals surface area contributed by atoms with Gasteiger partial charge >= 0.3 is 0 Å². The summed E-state index contributed by atoms with van der Waals surface area (Å²) >= 11 is 11.0. The molecule has 0 spiro atoms. The molecule has 0 aliphatic rings. The van der Waals surface area contributed by atoms with Crippen molar-refractivity contribution >= 4 is 23.2 Å². The number of nitrogens with zero attached hydrogens (tertiary/aromatic N) is 1. The Morgan fingerprint density at radius 2 is 1.56 bits per heavy atom. The molecule has 0 atom stereocenters. The van der Waals surface area contributed by atoms with Crippen LogP contribution in [0.4, 0.5) is 0 Å². The van der Waals surface area contributed by atoms with Crippen LogP contribution in [0.3, 0.4) is 0 Å². The summed E-state index contributed by atoms with van der Waals surface area (Å²) in [4.78, 5) is 3.72. The van der Waals surface area contributed by atoms with Gasteiger partial charge in [0.05, 0.1) is 10.0 Å². The third kappa shape index (κ3) is 2.65. The Morgan fingerprint density at radius 3 is 1.78 bits per heavy atom. The zero-order chi connectivity index (χ0) is 5.98. The predicted molar refractivity (Wildman–Crippen MR) is 39.3 cm³/mol. The number of aromatic nitrogens is 1. The van der Waals surface area contributed by atoms with E-state index in [-0.39, 0.29) is 6.15 Å². The normalized spacial score (nSPS) is 8.22. The molecule has 0 aliphatic carbocycles. The predicted octanol–water partition coefficient (Wildman–Crippen LogP) is 2.55. The van der Waals surface area contributed by atoms with Crippen molar-refractivity contribution in [1.82, 2.24) is 11.1 Å². The topological polar surface area (TPSA) is 47.9 Å². The van der Waals surface area contributed by atoms with E-state index in [2.05, 4.69) is 4.98 Å². The molecule has 0 unspecified atom stereocenters. The van der Waals surface area contributed by atoms with E-state index in [9.17, 15) is 0 Å². The third-order valence-electron chi connectivity index (χ3n) is 0.672. The lowest BCUT2D eigenvalue weighted by atomic mass is 10.5. The Balaban J connectivity index is 0.000000640. The molecule has 0 bridgehead atoms. The molecule has 0 saturated heterocycles. The minimum absolute atomic E-state index is 0. The highest BCUT2D eigenvalue weighted by Crippen LogP contribution is 2.11. The summed E-state index contributed by atoms with van der Waals surface area (Å²) in [6.07, 6.45) is 3.07. The van der Waals surface area contributed by atoms with Crippen LogP contribution >= 0.6 is 23.2 Å². The zero-order valence-electron chi connectivity index (χ0n) is 4.64. The van der Waals surface area contributed by atoms with E-state index in [0.29, 0.717) is 10.0 Å². The molecule has 0 aromatic carbocycles. The summed E-state index contributed by atoms with van der Waals surface area (Å²) in [6, 6.07) is 1.64. The molecule has 1 rings (SSSR count). The van der Waals surface area contributed by atoms with E-state index in [1.54, 1.807) is 6.07 Å². The highest BCUT2D eigenvalue weighted by Gasteiger charge is 1.86. The van der Waals surface area contributed by atoms with Crippen LogP contribution in [0.2, 0.25) is 10.0 Å². The van der Waals surface area contributed by atoms with Crippen molar-refractivity contribution in [2.75, 3.05) is 0 Å². The summed E-state index contributed by atoms with van der Waals surface area (Å²) in [5.41, 5.74) is 0. The smallest absolute Gasteiger partial charge is 0.0604 e. The Labute approximate surface area is 63.4 Å². The quantitative estimate of drug-likeness (QED) is 0.641. The van der Waals surface area contributed by atoms with Crippen molar-refractivity contribution in [1.29, 1.82) is 0 Å². The monoisotopic (exact) mass is 164 g/mol. The van der Waals surface area contributed by atoms with Gasteiger partial charge in [-0.3, -0.25) is 4.98 Å². The first-order valence-electron chi connectivity index (χ1n) is 2.05. The van der Waals surface area contributed by atoms with Gasteiger partial charge in [-0.15, -0.1) is 0 Å². The van der Waals surface area contributed by atoms with Crippen molar-refractivity contribution < 1.29 is 0 Å². The fourth-order valence-electron chi connectivity index (χ4n) is 0.386. The SMILES string of the molecule is Clc1cncc(Cl)c1.N. The van der Waals surface area contributed by atoms with E-state index in [1.165, 1.54) is 12.4 Å². The Bertz CT molecular complexity index is 173. The Morgan fingerprint density at radius 1 is 1.11 bits per heavy atom. The van der Waals surface area contributed by atoms with Crippen molar-refractivity contribution in [3.63, 3.8) is 0 Å². The molecule has 50 valence electrons. The van der Waals surface area contributed by atoms with E-state index in [0.717, 1.165) is 0 Å². The lowest BCUT2D eigenvalue weighted by Gasteiger charge is -1.85. The van der Waals surface area contributed by atoms with Gasteiger partial charge in [0.2, 0.25) is 0 Å². The van der Waals surface area contributed by atoms with E-state index in [1.807, 2.05) is 0 Å². The average molecular weight is 165 g/mol. The van der Waals surface area contributed by atoms with Gasteiger partial charge in [-0.25, -0.2) is 0 Å². The minimum atomic E-state index is 0. The number of pyridine rings is 1. The largest absolute Gasteiger partial charge is 0.344 e. The van der Waals surface area contributed by atoms with Gasteiger partial charge < -0.3 is 6.15 Å². The standard InChI is InChI=1S/C5H3Cl2N.H3N/c6-4-1-5(7)3-8-2-4;/h1-3H;1H3. The van der Waals surface area contributed by atoms with Crippen molar-refractivity contribution in [2.24, 2.45) is 0 Å². The average Bonchev–Trinajstić information content (AvgIpc) is 1.64. The Hall–Kier alpha value is -0.310. The Kier molecular flexibility index (Phi) is 3.54. The molecular weight excluding hydrogens is 159 g/mol. The first-order chi connectivity index (χ1) is 3.79. The molecule has 1 aromatic heterocycles. The summed E-state index contributed by atoms with van der Waals surface area (Å²) < 4.78 is 0. The van der Waals surface area contributed by atoms with Crippen LogP contribution in [0, 0.1) is 0 Å². The van der Waals surface area contributed by atoms with Crippen LogP contribution in [0.15, 0.2) is 18.5 Å². The molecular formula is C5H6Cl2N2. The second kappa shape index (κ2) is 3.67. The zero-order valence-corrected chi connectivity index (χ0v) is 6.15. The lowest BCUT2D eigenvalue weighted by Crippen LogP contribution is -1.68. The number of hydrogen-bond acceptors (Lipinski definition) is 2. The summed E-state index contributed by atoms with van der Waals surface area (Å²) in [7, 11) is 0. The van der Waals surface area contributed by atoms with Gasteiger partial charge in [0.1, 0.15) is 0 Å². The van der Waals surface area contributed by atoms with E-state index < -0.39 is 0 Å². The highest BCUT2D eigenvalue weighted by molar-refractivity contribution is 6.34. The molecule has 9 heavy (non-hydrogen) atoms. The molecule has 1 aromatic rings. The van der Waals surface area contributed by atoms with Crippen LogP contribution in [0.1, 0.15) is 0 Å². The van der Waals surface area contributed by atoms with Gasteiger partial charge in [0, 0.05) is 12.4 Å². The second-order valence-electron chi connectivity index (χ2n) is 1.32. The first-order valence-corrected chi connectivity index (χ1v) is 2.80. The van der Waals surface area contributed by atoms with Crippen LogP contribution in [-0.2, 0) is 0 Å². The van der Waals surface area contributed by atoms with Crippen LogP contribution < -0.4 is 6.15 Å². The number of halogens is 2. The van der Waals surface area contributed by atoms with Crippen LogP contribution in [-0.4, -0.2) is 4.98 Å². The molecule has 0 aliphatic heterocycles. The van der Waals surface area contributed by atoms with Crippen LogP contribution in [0.25, 0.3) is 0 Å². The van der Waals surface area contributed by atoms with Gasteiger partial charge in [0.15, 0.2) is 0 Å². The molecule has 4 heteroatoms. The van der Waals surface area contributed by atoms with Crippen molar-refractivity contribution in [3.05, 3.63) is 28.5 Å². The maximum Gasteiger partial charge on any atom is 0.0604 e. The molecule has 0 amide bonds. The molecule has 0 saturated carbocycles. The van der Waals surface area contributed by atoms with Gasteiger partial charge in [-0.2, -0.15) is 0 Å². The molecule has 0 radical (unpaired) electrons. The van der Waals surface area contributed by atoms with Gasteiger partial charge in [-0.1, -0.05) is 23.2 Å². The first kappa shape index (κ1) is 8.69. The fourth-order valence-corrected chi connectivity index (χ4v) is 0.790. The van der Waals surface area contributed by atoms with Crippen LogP contribution in [0.5, 0.6) is 0 Å². The highest BCUT2D eigenvalue weighted by atomic mass is 35.5. The summed E-state index contributed by atoms with van der Waals surface area (Å²) in [5, 5.41) is 1.13. The fraction of sp³-hybridized carbons (Fsp3) is 0. The summed E-state index contributed by atoms with van der Waals surface area (Å²) in [6.45, 7) is 0. The lowest BCUT2D eigenvalue weighted by molar-refractivity contribution is 1.33. The van der Waals surface area contributed by atoms with Crippen molar-refractivity contribution in [2.45, 2.75) is 0 Å². The number of hydrogen-bond donors (Lipinski definition) is 1. The maximum absolute atomic E-state index is 5.50. The second-order valence-corrected chi connectivity index (χ2v) is 2.19. The maximum atomic E-state index is 5.50. The summed E-state index contributed by atoms with van der Waals surface area (Å²) in [5.74, 6) is 0. The number of rotatable bonds is 0. The minimum Gasteiger partial charge on any atom is -0.344 e. The van der Waals surface area contributed by atoms with Gasteiger partial charge in [0.25, 0.3) is 0 Å². The molecule has 0 fully saturated rings. The van der Waals surface area contributed by atoms with E-state index in [4.69, 9.17) is 23.2 Å². The third-order valence-corrected chi connectivity index (χ3v) is 1.08.